The van der Waals surface area contributed by atoms with E-state index in [1.54, 1.807) is 0 Å². The molecular formula is C36H54BN. The molecule has 0 spiro atoms. The Morgan fingerprint density at radius 2 is 0.658 bits per heavy atom. The zero-order valence-corrected chi connectivity index (χ0v) is 24.3. The second kappa shape index (κ2) is 22.6. The van der Waals surface area contributed by atoms with Gasteiger partial charge in [0.1, 0.15) is 0 Å². The first-order valence-corrected chi connectivity index (χ1v) is 15.7. The number of hydrogen-bond acceptors (Lipinski definition) is 1. The molecule has 0 atom stereocenters. The van der Waals surface area contributed by atoms with Crippen molar-refractivity contribution in [2.45, 2.75) is 110 Å². The van der Waals surface area contributed by atoms with Crippen molar-refractivity contribution in [3.63, 3.8) is 0 Å². The zero-order chi connectivity index (χ0) is 26.9. The first kappa shape index (κ1) is 31.9. The van der Waals surface area contributed by atoms with E-state index < -0.39 is 0 Å². The van der Waals surface area contributed by atoms with E-state index in [0.717, 1.165) is 6.54 Å². The minimum absolute atomic E-state index is 0.309. The van der Waals surface area contributed by atoms with Crippen LogP contribution in [0.15, 0.2) is 91.0 Å². The smallest absolute Gasteiger partial charge is 0.241 e. The largest absolute Gasteiger partial charge is 0.330 e. The lowest BCUT2D eigenvalue weighted by molar-refractivity contribution is 0.530. The highest BCUT2D eigenvalue weighted by Gasteiger charge is 2.20. The molecule has 0 aromatic heterocycles. The van der Waals surface area contributed by atoms with Gasteiger partial charge in [-0.1, -0.05) is 211 Å². The molecule has 3 rings (SSSR count). The third-order valence-electron chi connectivity index (χ3n) is 7.46. The summed E-state index contributed by atoms with van der Waals surface area (Å²) in [5, 5.41) is 0. The molecule has 0 amide bonds. The maximum atomic E-state index is 5.48. The quantitative estimate of drug-likeness (QED) is 0.127. The zero-order valence-electron chi connectivity index (χ0n) is 24.3. The molecule has 38 heavy (non-hydrogen) atoms. The molecule has 0 aliphatic rings. The van der Waals surface area contributed by atoms with Crippen molar-refractivity contribution in [2.24, 2.45) is 5.73 Å². The van der Waals surface area contributed by atoms with E-state index >= 15 is 0 Å². The summed E-state index contributed by atoms with van der Waals surface area (Å²) in [7, 11) is 0. The third-order valence-corrected chi connectivity index (χ3v) is 7.46. The Balaban J connectivity index is 0.000000267. The Morgan fingerprint density at radius 1 is 0.395 bits per heavy atom. The molecule has 3 aromatic carbocycles. The Hall–Kier alpha value is -2.32. The van der Waals surface area contributed by atoms with E-state index in [1.165, 1.54) is 119 Å². The molecule has 3 aromatic rings. The molecular weight excluding hydrogens is 457 g/mol. The van der Waals surface area contributed by atoms with Crippen LogP contribution in [-0.4, -0.2) is 13.3 Å². The lowest BCUT2D eigenvalue weighted by Gasteiger charge is -2.15. The van der Waals surface area contributed by atoms with Crippen LogP contribution in [0.25, 0.3) is 0 Å². The predicted octanol–water partition coefficient (Wildman–Crippen LogP) is 8.41. The van der Waals surface area contributed by atoms with Crippen molar-refractivity contribution in [2.75, 3.05) is 6.54 Å². The lowest BCUT2D eigenvalue weighted by Crippen LogP contribution is -2.51. The Morgan fingerprint density at radius 3 is 0.921 bits per heavy atom. The van der Waals surface area contributed by atoms with Gasteiger partial charge in [0.05, 0.1) is 0 Å². The molecule has 0 saturated heterocycles. The van der Waals surface area contributed by atoms with Gasteiger partial charge in [-0.15, -0.1) is 0 Å². The average molecular weight is 512 g/mol. The first-order chi connectivity index (χ1) is 18.9. The molecule has 206 valence electrons. The second-order valence-electron chi connectivity index (χ2n) is 10.8. The maximum Gasteiger partial charge on any atom is 0.241 e. The van der Waals surface area contributed by atoms with Gasteiger partial charge in [0.25, 0.3) is 0 Å². The van der Waals surface area contributed by atoms with Crippen LogP contribution in [0.1, 0.15) is 110 Å². The lowest BCUT2D eigenvalue weighted by atomic mass is 9.37. The van der Waals surface area contributed by atoms with Gasteiger partial charge in [0, 0.05) is 0 Å². The molecule has 0 aliphatic carbocycles. The number of unbranched alkanes of at least 4 members (excludes halogenated alkanes) is 15. The van der Waals surface area contributed by atoms with Crippen LogP contribution in [-0.2, 0) is 0 Å². The van der Waals surface area contributed by atoms with Crippen LogP contribution in [0.4, 0.5) is 0 Å². The second-order valence-corrected chi connectivity index (χ2v) is 10.8. The van der Waals surface area contributed by atoms with E-state index in [-0.39, 0.29) is 0 Å². The third kappa shape index (κ3) is 14.6. The van der Waals surface area contributed by atoms with E-state index in [0.29, 0.717) is 6.71 Å². The number of rotatable bonds is 19. The standard InChI is InChI=1S/C18H15B.C18H39N/c1-4-10-16(11-5-1)19(17-12-6-2-7-13-17)18-14-8-3-9-15-18;1-2-3-4-5-6-7-8-9-10-11-12-13-14-15-16-17-18-19/h1-15H;2-19H2,1H3. The van der Waals surface area contributed by atoms with E-state index in [4.69, 9.17) is 5.73 Å². The highest BCUT2D eigenvalue weighted by Crippen LogP contribution is 2.13. The topological polar surface area (TPSA) is 26.0 Å². The molecule has 0 heterocycles. The normalized spacial score (nSPS) is 10.6. The first-order valence-electron chi connectivity index (χ1n) is 15.7. The van der Waals surface area contributed by atoms with Crippen molar-refractivity contribution >= 4 is 23.1 Å². The van der Waals surface area contributed by atoms with Crippen molar-refractivity contribution in [1.82, 2.24) is 0 Å². The summed E-state index contributed by atoms with van der Waals surface area (Å²) in [4.78, 5) is 0. The fourth-order valence-electron chi connectivity index (χ4n) is 5.21. The Labute approximate surface area is 235 Å². The minimum Gasteiger partial charge on any atom is -0.330 e. The van der Waals surface area contributed by atoms with Crippen molar-refractivity contribution < 1.29 is 0 Å². The van der Waals surface area contributed by atoms with Gasteiger partial charge in [-0.05, 0) is 13.0 Å². The van der Waals surface area contributed by atoms with Crippen LogP contribution in [0, 0.1) is 0 Å². The van der Waals surface area contributed by atoms with Gasteiger partial charge in [-0.3, -0.25) is 0 Å². The van der Waals surface area contributed by atoms with E-state index in [1.807, 2.05) is 0 Å². The molecule has 2 N–H and O–H groups in total. The monoisotopic (exact) mass is 511 g/mol. The van der Waals surface area contributed by atoms with Gasteiger partial charge in [0.15, 0.2) is 0 Å². The van der Waals surface area contributed by atoms with Crippen LogP contribution in [0.2, 0.25) is 0 Å². The van der Waals surface area contributed by atoms with Crippen LogP contribution < -0.4 is 22.1 Å². The van der Waals surface area contributed by atoms with Crippen LogP contribution >= 0.6 is 0 Å². The highest BCUT2D eigenvalue weighted by atomic mass is 14.5. The molecule has 0 bridgehead atoms. The Bertz CT molecular complexity index is 771. The van der Waals surface area contributed by atoms with Gasteiger partial charge in [0.2, 0.25) is 6.71 Å². The maximum absolute atomic E-state index is 5.48. The summed E-state index contributed by atoms with van der Waals surface area (Å²) in [5.74, 6) is 0. The fraction of sp³-hybridized carbons (Fsp3) is 0.500. The summed E-state index contributed by atoms with van der Waals surface area (Å²) >= 11 is 0. The molecule has 1 nitrogen and oxygen atoms in total. The van der Waals surface area contributed by atoms with Crippen molar-refractivity contribution in [3.05, 3.63) is 91.0 Å². The number of benzene rings is 3. The van der Waals surface area contributed by atoms with Gasteiger partial charge < -0.3 is 5.73 Å². The number of nitrogens with two attached hydrogens (primary N) is 1. The van der Waals surface area contributed by atoms with Gasteiger partial charge in [-0.2, -0.15) is 0 Å². The summed E-state index contributed by atoms with van der Waals surface area (Å²) < 4.78 is 0. The summed E-state index contributed by atoms with van der Waals surface area (Å²) in [6.45, 7) is 3.47. The van der Waals surface area contributed by atoms with Gasteiger partial charge >= 0.3 is 0 Å². The Kier molecular flexibility index (Phi) is 19.0. The molecule has 0 radical (unpaired) electrons. The fourth-order valence-corrected chi connectivity index (χ4v) is 5.21. The predicted molar refractivity (Wildman–Crippen MR) is 173 cm³/mol. The van der Waals surface area contributed by atoms with Crippen molar-refractivity contribution in [3.8, 4) is 0 Å². The molecule has 2 heteroatoms. The highest BCUT2D eigenvalue weighted by molar-refractivity contribution is 6.95. The summed E-state index contributed by atoms with van der Waals surface area (Å²) in [6, 6.07) is 32.0. The minimum atomic E-state index is 0.309. The molecule has 0 unspecified atom stereocenters. The van der Waals surface area contributed by atoms with Crippen LogP contribution in [0.5, 0.6) is 0 Å². The molecule has 0 saturated carbocycles. The SMILES string of the molecule is CCCCCCCCCCCCCCCCCCN.c1ccc(B(c2ccccc2)c2ccccc2)cc1. The van der Waals surface area contributed by atoms with Crippen LogP contribution in [0.3, 0.4) is 0 Å². The summed E-state index contributed by atoms with van der Waals surface area (Å²) in [6.07, 6.45) is 22.9. The molecule has 0 aliphatic heterocycles. The summed E-state index contributed by atoms with van der Waals surface area (Å²) in [5.41, 5.74) is 9.48. The number of hydrogen-bond donors (Lipinski definition) is 1. The molecule has 0 fully saturated rings. The van der Waals surface area contributed by atoms with E-state index in [9.17, 15) is 0 Å². The van der Waals surface area contributed by atoms with E-state index in [2.05, 4.69) is 97.9 Å². The van der Waals surface area contributed by atoms with Crippen molar-refractivity contribution in [1.29, 1.82) is 0 Å². The van der Waals surface area contributed by atoms with Gasteiger partial charge in [-0.25, -0.2) is 0 Å². The average Bonchev–Trinajstić information content (AvgIpc) is 2.97.